The smallest absolute Gasteiger partial charge is 0.128 e. The average molecular weight is 292 g/mol. The molecule has 0 saturated carbocycles. The summed E-state index contributed by atoms with van der Waals surface area (Å²) in [5, 5.41) is 3.64. The monoisotopic (exact) mass is 292 g/mol. The number of ether oxygens (including phenoxy) is 1. The van der Waals surface area contributed by atoms with Crippen molar-refractivity contribution in [1.82, 2.24) is 10.2 Å². The van der Waals surface area contributed by atoms with Crippen LogP contribution in [-0.4, -0.2) is 43.8 Å². The second-order valence-corrected chi connectivity index (χ2v) is 6.08. The number of rotatable bonds is 5. The molecular formula is C17H25FN2O. The Hall–Kier alpha value is -0.970. The second-order valence-electron chi connectivity index (χ2n) is 6.08. The molecule has 1 atom stereocenters. The lowest BCUT2D eigenvalue weighted by atomic mass is 10.0. The molecule has 0 aromatic heterocycles. The van der Waals surface area contributed by atoms with Crippen LogP contribution in [0.25, 0.3) is 0 Å². The molecule has 4 heteroatoms. The Labute approximate surface area is 126 Å². The summed E-state index contributed by atoms with van der Waals surface area (Å²) >= 11 is 0. The van der Waals surface area contributed by atoms with Crippen LogP contribution in [0.2, 0.25) is 0 Å². The van der Waals surface area contributed by atoms with Gasteiger partial charge in [0, 0.05) is 31.4 Å². The molecule has 1 N–H and O–H groups in total. The molecule has 2 heterocycles. The highest BCUT2D eigenvalue weighted by Gasteiger charge is 2.26. The fourth-order valence-corrected chi connectivity index (χ4v) is 3.41. The van der Waals surface area contributed by atoms with Crippen LogP contribution >= 0.6 is 0 Å². The fourth-order valence-electron chi connectivity index (χ4n) is 3.41. The van der Waals surface area contributed by atoms with Gasteiger partial charge in [0.05, 0.1) is 6.04 Å². The van der Waals surface area contributed by atoms with Crippen molar-refractivity contribution in [2.24, 2.45) is 0 Å². The largest absolute Gasteiger partial charge is 0.381 e. The number of nitrogens with one attached hydrogen (secondary N) is 1. The van der Waals surface area contributed by atoms with Gasteiger partial charge < -0.3 is 10.1 Å². The van der Waals surface area contributed by atoms with Crippen LogP contribution < -0.4 is 5.32 Å². The molecule has 3 rings (SSSR count). The van der Waals surface area contributed by atoms with Crippen molar-refractivity contribution in [3.63, 3.8) is 0 Å². The van der Waals surface area contributed by atoms with E-state index in [2.05, 4.69) is 10.2 Å². The molecule has 2 saturated heterocycles. The van der Waals surface area contributed by atoms with Crippen LogP contribution in [0.3, 0.4) is 0 Å². The molecule has 2 aliphatic heterocycles. The molecule has 1 aromatic rings. The van der Waals surface area contributed by atoms with Gasteiger partial charge in [-0.1, -0.05) is 18.2 Å². The normalized spacial score (nSPS) is 22.5. The van der Waals surface area contributed by atoms with Gasteiger partial charge in [-0.25, -0.2) is 4.39 Å². The zero-order valence-corrected chi connectivity index (χ0v) is 12.6. The third-order valence-corrected chi connectivity index (χ3v) is 4.67. The number of likely N-dealkylation sites (tertiary alicyclic amines) is 1. The Morgan fingerprint density at radius 3 is 2.62 bits per heavy atom. The van der Waals surface area contributed by atoms with Gasteiger partial charge >= 0.3 is 0 Å². The van der Waals surface area contributed by atoms with Crippen LogP contribution in [-0.2, 0) is 4.74 Å². The first kappa shape index (κ1) is 14.9. The van der Waals surface area contributed by atoms with E-state index in [9.17, 15) is 4.39 Å². The van der Waals surface area contributed by atoms with Crippen molar-refractivity contribution in [2.45, 2.75) is 37.8 Å². The molecule has 0 unspecified atom stereocenters. The highest BCUT2D eigenvalue weighted by molar-refractivity contribution is 5.22. The summed E-state index contributed by atoms with van der Waals surface area (Å²) in [5.74, 6) is -0.0804. The summed E-state index contributed by atoms with van der Waals surface area (Å²) in [6.07, 6.45) is 4.57. The van der Waals surface area contributed by atoms with E-state index in [1.807, 2.05) is 12.1 Å². The highest BCUT2D eigenvalue weighted by atomic mass is 19.1. The molecule has 3 nitrogen and oxygen atoms in total. The second kappa shape index (κ2) is 7.34. The molecular weight excluding hydrogens is 267 g/mol. The van der Waals surface area contributed by atoms with Gasteiger partial charge in [-0.3, -0.25) is 4.90 Å². The summed E-state index contributed by atoms with van der Waals surface area (Å²) in [6, 6.07) is 7.88. The van der Waals surface area contributed by atoms with Gasteiger partial charge in [0.2, 0.25) is 0 Å². The molecule has 0 radical (unpaired) electrons. The third-order valence-electron chi connectivity index (χ3n) is 4.67. The average Bonchev–Trinajstić information content (AvgIpc) is 3.04. The van der Waals surface area contributed by atoms with E-state index >= 15 is 0 Å². The molecule has 0 bridgehead atoms. The number of nitrogens with zero attached hydrogens (tertiary/aromatic N) is 1. The van der Waals surface area contributed by atoms with Crippen LogP contribution in [0.5, 0.6) is 0 Å². The quantitative estimate of drug-likeness (QED) is 0.903. The van der Waals surface area contributed by atoms with Crippen LogP contribution in [0, 0.1) is 5.82 Å². The van der Waals surface area contributed by atoms with Crippen LogP contribution in [0.15, 0.2) is 24.3 Å². The minimum Gasteiger partial charge on any atom is -0.381 e. The summed E-state index contributed by atoms with van der Waals surface area (Å²) in [5.41, 5.74) is 0.832. The Balaban J connectivity index is 1.68. The highest BCUT2D eigenvalue weighted by Crippen LogP contribution is 2.26. The Bertz CT molecular complexity index is 442. The first-order valence-electron chi connectivity index (χ1n) is 8.14. The molecule has 2 fully saturated rings. The van der Waals surface area contributed by atoms with Crippen molar-refractivity contribution in [3.05, 3.63) is 35.6 Å². The zero-order chi connectivity index (χ0) is 14.5. The lowest BCUT2D eigenvalue weighted by molar-refractivity contribution is 0.0753. The predicted octanol–water partition coefficient (Wildman–Crippen LogP) is 2.73. The van der Waals surface area contributed by atoms with Crippen molar-refractivity contribution in [1.29, 1.82) is 0 Å². The minimum absolute atomic E-state index is 0.0804. The van der Waals surface area contributed by atoms with E-state index in [-0.39, 0.29) is 11.9 Å². The van der Waals surface area contributed by atoms with Crippen molar-refractivity contribution >= 4 is 0 Å². The molecule has 21 heavy (non-hydrogen) atoms. The molecule has 0 spiro atoms. The minimum atomic E-state index is -0.0804. The van der Waals surface area contributed by atoms with Gasteiger partial charge in [0.1, 0.15) is 5.82 Å². The first-order valence-corrected chi connectivity index (χ1v) is 8.14. The van der Waals surface area contributed by atoms with Gasteiger partial charge in [0.25, 0.3) is 0 Å². The lowest BCUT2D eigenvalue weighted by Gasteiger charge is -2.31. The van der Waals surface area contributed by atoms with Crippen LogP contribution in [0.1, 0.15) is 37.3 Å². The van der Waals surface area contributed by atoms with E-state index in [0.717, 1.165) is 51.3 Å². The van der Waals surface area contributed by atoms with E-state index in [1.165, 1.54) is 12.8 Å². The maximum Gasteiger partial charge on any atom is 0.128 e. The Kier molecular flexibility index (Phi) is 5.22. The van der Waals surface area contributed by atoms with Crippen molar-refractivity contribution in [3.8, 4) is 0 Å². The Morgan fingerprint density at radius 2 is 1.90 bits per heavy atom. The van der Waals surface area contributed by atoms with E-state index in [4.69, 9.17) is 4.74 Å². The maximum atomic E-state index is 14.2. The fraction of sp³-hybridized carbons (Fsp3) is 0.647. The van der Waals surface area contributed by atoms with Crippen molar-refractivity contribution < 1.29 is 9.13 Å². The first-order chi connectivity index (χ1) is 10.3. The SMILES string of the molecule is Fc1ccccc1[C@H](CNC1CCOCC1)N1CCCC1. The summed E-state index contributed by atoms with van der Waals surface area (Å²) in [4.78, 5) is 2.42. The number of hydrogen-bond acceptors (Lipinski definition) is 3. The molecule has 2 aliphatic rings. The maximum absolute atomic E-state index is 14.2. The number of halogens is 1. The predicted molar refractivity (Wildman–Crippen MR) is 81.8 cm³/mol. The van der Waals surface area contributed by atoms with Gasteiger partial charge in [-0.15, -0.1) is 0 Å². The summed E-state index contributed by atoms with van der Waals surface area (Å²) < 4.78 is 19.6. The van der Waals surface area contributed by atoms with Gasteiger partial charge in [-0.2, -0.15) is 0 Å². The van der Waals surface area contributed by atoms with E-state index < -0.39 is 0 Å². The molecule has 116 valence electrons. The lowest BCUT2D eigenvalue weighted by Crippen LogP contribution is -2.41. The standard InChI is InChI=1S/C17H25FN2O/c18-16-6-2-1-5-15(16)17(20-9-3-4-10-20)13-19-14-7-11-21-12-8-14/h1-2,5-6,14,17,19H,3-4,7-13H2/t17-/m0/s1. The molecule has 1 aromatic carbocycles. The third kappa shape index (κ3) is 3.82. The summed E-state index contributed by atoms with van der Waals surface area (Å²) in [6.45, 7) is 4.66. The molecule has 0 amide bonds. The topological polar surface area (TPSA) is 24.5 Å². The van der Waals surface area contributed by atoms with E-state index in [0.29, 0.717) is 6.04 Å². The van der Waals surface area contributed by atoms with Gasteiger partial charge in [0.15, 0.2) is 0 Å². The number of hydrogen-bond donors (Lipinski definition) is 1. The Morgan fingerprint density at radius 1 is 1.19 bits per heavy atom. The zero-order valence-electron chi connectivity index (χ0n) is 12.6. The van der Waals surface area contributed by atoms with Gasteiger partial charge in [-0.05, 0) is 44.8 Å². The van der Waals surface area contributed by atoms with E-state index in [1.54, 1.807) is 12.1 Å². The summed E-state index contributed by atoms with van der Waals surface area (Å²) in [7, 11) is 0. The van der Waals surface area contributed by atoms with Crippen LogP contribution in [0.4, 0.5) is 4.39 Å². The molecule has 0 aliphatic carbocycles. The van der Waals surface area contributed by atoms with Crippen molar-refractivity contribution in [2.75, 3.05) is 32.8 Å². The number of benzene rings is 1.